The van der Waals surface area contributed by atoms with E-state index in [9.17, 15) is 0 Å². The zero-order valence-electron chi connectivity index (χ0n) is 12.0. The Morgan fingerprint density at radius 1 is 1.35 bits per heavy atom. The minimum absolute atomic E-state index is 0.450. The van der Waals surface area contributed by atoms with Crippen molar-refractivity contribution in [3.05, 3.63) is 50.4 Å². The normalized spacial score (nSPS) is 12.6. The highest BCUT2D eigenvalue weighted by Gasteiger charge is 2.12. The van der Waals surface area contributed by atoms with Gasteiger partial charge < -0.3 is 5.32 Å². The van der Waals surface area contributed by atoms with Gasteiger partial charge in [-0.15, -0.1) is 11.3 Å². The molecule has 20 heavy (non-hydrogen) atoms. The van der Waals surface area contributed by atoms with Crippen molar-refractivity contribution in [2.24, 2.45) is 0 Å². The number of thiazole rings is 1. The van der Waals surface area contributed by atoms with Gasteiger partial charge in [0.2, 0.25) is 0 Å². The summed E-state index contributed by atoms with van der Waals surface area (Å²) in [6, 6.07) is 9.01. The summed E-state index contributed by atoms with van der Waals surface area (Å²) in [6.45, 7) is 5.33. The van der Waals surface area contributed by atoms with Crippen LogP contribution in [0.25, 0.3) is 0 Å². The van der Waals surface area contributed by atoms with Gasteiger partial charge in [-0.3, -0.25) is 0 Å². The van der Waals surface area contributed by atoms with E-state index in [1.165, 1.54) is 11.3 Å². The molecule has 1 atom stereocenters. The van der Waals surface area contributed by atoms with Gasteiger partial charge in [-0.05, 0) is 44.0 Å². The van der Waals surface area contributed by atoms with E-state index >= 15 is 0 Å². The standard InChI is InChI=1S/C16H21BrN2S/c1-3-7-18-15(10-16-11-20-12(2)19-16)9-13-5-4-6-14(17)8-13/h4-6,8,11,15,18H,3,7,9-10H2,1-2H3. The van der Waals surface area contributed by atoms with Gasteiger partial charge in [-0.2, -0.15) is 0 Å². The Balaban J connectivity index is 2.02. The molecule has 1 aromatic carbocycles. The van der Waals surface area contributed by atoms with Gasteiger partial charge in [0.25, 0.3) is 0 Å². The van der Waals surface area contributed by atoms with Crippen LogP contribution in [0.15, 0.2) is 34.1 Å². The van der Waals surface area contributed by atoms with Crippen molar-refractivity contribution in [2.45, 2.75) is 39.2 Å². The summed E-state index contributed by atoms with van der Waals surface area (Å²) in [4.78, 5) is 4.59. The van der Waals surface area contributed by atoms with Gasteiger partial charge in [0.15, 0.2) is 0 Å². The molecule has 2 rings (SSSR count). The predicted molar refractivity (Wildman–Crippen MR) is 90.5 cm³/mol. The van der Waals surface area contributed by atoms with Crippen LogP contribution in [-0.4, -0.2) is 17.6 Å². The van der Waals surface area contributed by atoms with Crippen LogP contribution in [0.4, 0.5) is 0 Å². The fourth-order valence-corrected chi connectivity index (χ4v) is 3.34. The van der Waals surface area contributed by atoms with Crippen LogP contribution in [0.5, 0.6) is 0 Å². The molecule has 1 unspecified atom stereocenters. The number of hydrogen-bond acceptors (Lipinski definition) is 3. The number of hydrogen-bond donors (Lipinski definition) is 1. The first-order chi connectivity index (χ1) is 9.67. The molecule has 1 heterocycles. The Morgan fingerprint density at radius 3 is 2.85 bits per heavy atom. The smallest absolute Gasteiger partial charge is 0.0897 e. The van der Waals surface area contributed by atoms with Crippen molar-refractivity contribution < 1.29 is 0 Å². The van der Waals surface area contributed by atoms with Gasteiger partial charge >= 0.3 is 0 Å². The third kappa shape index (κ3) is 5.00. The summed E-state index contributed by atoms with van der Waals surface area (Å²) in [7, 11) is 0. The molecule has 0 saturated carbocycles. The number of rotatable bonds is 7. The van der Waals surface area contributed by atoms with E-state index in [0.29, 0.717) is 6.04 Å². The number of aryl methyl sites for hydroxylation is 1. The van der Waals surface area contributed by atoms with Crippen LogP contribution in [0.3, 0.4) is 0 Å². The molecule has 1 aromatic heterocycles. The van der Waals surface area contributed by atoms with Gasteiger partial charge in [-0.1, -0.05) is 35.0 Å². The predicted octanol–water partition coefficient (Wildman–Crippen LogP) is 4.37. The average molecular weight is 353 g/mol. The second kappa shape index (κ2) is 7.91. The lowest BCUT2D eigenvalue weighted by Gasteiger charge is -2.18. The molecule has 1 N–H and O–H groups in total. The van der Waals surface area contributed by atoms with E-state index in [0.717, 1.165) is 35.3 Å². The number of nitrogens with zero attached hydrogens (tertiary/aromatic N) is 1. The molecule has 0 fully saturated rings. The molecular formula is C16H21BrN2S. The average Bonchev–Trinajstić information content (AvgIpc) is 2.81. The molecule has 4 heteroatoms. The Kier molecular flexibility index (Phi) is 6.20. The number of halogens is 1. The number of benzene rings is 1. The Morgan fingerprint density at radius 2 is 2.20 bits per heavy atom. The van der Waals surface area contributed by atoms with Crippen LogP contribution in [-0.2, 0) is 12.8 Å². The molecule has 0 aliphatic rings. The zero-order chi connectivity index (χ0) is 14.4. The summed E-state index contributed by atoms with van der Waals surface area (Å²) in [6.07, 6.45) is 3.19. The largest absolute Gasteiger partial charge is 0.313 e. The minimum Gasteiger partial charge on any atom is -0.313 e. The molecule has 0 saturated heterocycles. The summed E-state index contributed by atoms with van der Waals surface area (Å²) in [5.41, 5.74) is 2.57. The fourth-order valence-electron chi connectivity index (χ4n) is 2.27. The maximum atomic E-state index is 4.59. The molecule has 0 spiro atoms. The highest BCUT2D eigenvalue weighted by molar-refractivity contribution is 9.10. The number of aromatic nitrogens is 1. The summed E-state index contributed by atoms with van der Waals surface area (Å²) >= 11 is 5.28. The van der Waals surface area contributed by atoms with Gasteiger partial charge in [-0.25, -0.2) is 4.98 Å². The molecule has 2 nitrogen and oxygen atoms in total. The Bertz CT molecular complexity index is 539. The third-order valence-corrected chi connectivity index (χ3v) is 4.49. The SMILES string of the molecule is CCCNC(Cc1cccc(Br)c1)Cc1csc(C)n1. The molecule has 2 aromatic rings. The lowest BCUT2D eigenvalue weighted by molar-refractivity contribution is 0.501. The maximum absolute atomic E-state index is 4.59. The minimum atomic E-state index is 0.450. The fraction of sp³-hybridized carbons (Fsp3) is 0.438. The van der Waals surface area contributed by atoms with Crippen LogP contribution in [0.2, 0.25) is 0 Å². The highest BCUT2D eigenvalue weighted by atomic mass is 79.9. The van der Waals surface area contributed by atoms with E-state index in [-0.39, 0.29) is 0 Å². The van der Waals surface area contributed by atoms with Gasteiger partial charge in [0.1, 0.15) is 0 Å². The summed E-state index contributed by atoms with van der Waals surface area (Å²) in [5.74, 6) is 0. The molecule has 0 amide bonds. The van der Waals surface area contributed by atoms with Gasteiger partial charge in [0.05, 0.1) is 10.7 Å². The van der Waals surface area contributed by atoms with Crippen molar-refractivity contribution in [3.63, 3.8) is 0 Å². The van der Waals surface area contributed by atoms with E-state index in [2.05, 4.69) is 69.7 Å². The van der Waals surface area contributed by atoms with E-state index in [1.54, 1.807) is 11.3 Å². The van der Waals surface area contributed by atoms with Crippen LogP contribution < -0.4 is 5.32 Å². The van der Waals surface area contributed by atoms with E-state index in [1.807, 2.05) is 0 Å². The Hall–Kier alpha value is -0.710. The first-order valence-corrected chi connectivity index (χ1v) is 8.73. The van der Waals surface area contributed by atoms with Gasteiger partial charge in [0, 0.05) is 22.3 Å². The Labute approximate surface area is 133 Å². The van der Waals surface area contributed by atoms with Crippen LogP contribution in [0.1, 0.15) is 29.6 Å². The van der Waals surface area contributed by atoms with Crippen molar-refractivity contribution >= 4 is 27.3 Å². The van der Waals surface area contributed by atoms with Crippen LogP contribution >= 0.6 is 27.3 Å². The van der Waals surface area contributed by atoms with E-state index in [4.69, 9.17) is 0 Å². The highest BCUT2D eigenvalue weighted by Crippen LogP contribution is 2.16. The summed E-state index contributed by atoms with van der Waals surface area (Å²) < 4.78 is 1.15. The molecule has 0 radical (unpaired) electrons. The van der Waals surface area contributed by atoms with Crippen molar-refractivity contribution in [1.82, 2.24) is 10.3 Å². The second-order valence-electron chi connectivity index (χ2n) is 5.05. The number of nitrogens with one attached hydrogen (secondary N) is 1. The maximum Gasteiger partial charge on any atom is 0.0897 e. The first kappa shape index (κ1) is 15.7. The quantitative estimate of drug-likeness (QED) is 0.800. The topological polar surface area (TPSA) is 24.9 Å². The molecular weight excluding hydrogens is 332 g/mol. The monoisotopic (exact) mass is 352 g/mol. The molecule has 0 bridgehead atoms. The van der Waals surface area contributed by atoms with Crippen LogP contribution in [0, 0.1) is 6.92 Å². The third-order valence-electron chi connectivity index (χ3n) is 3.18. The lowest BCUT2D eigenvalue weighted by atomic mass is 10.0. The molecule has 0 aliphatic carbocycles. The second-order valence-corrected chi connectivity index (χ2v) is 7.02. The summed E-state index contributed by atoms with van der Waals surface area (Å²) in [5, 5.41) is 6.97. The van der Waals surface area contributed by atoms with Crippen molar-refractivity contribution in [2.75, 3.05) is 6.54 Å². The molecule has 0 aliphatic heterocycles. The zero-order valence-corrected chi connectivity index (χ0v) is 14.4. The molecule has 108 valence electrons. The lowest BCUT2D eigenvalue weighted by Crippen LogP contribution is -2.34. The first-order valence-electron chi connectivity index (χ1n) is 7.06. The van der Waals surface area contributed by atoms with Crippen molar-refractivity contribution in [1.29, 1.82) is 0 Å². The van der Waals surface area contributed by atoms with Crippen molar-refractivity contribution in [3.8, 4) is 0 Å². The van der Waals surface area contributed by atoms with E-state index < -0.39 is 0 Å².